The van der Waals surface area contributed by atoms with Crippen LogP contribution in [-0.2, 0) is 9.53 Å². The number of nitrogens with one attached hydrogen (secondary N) is 1. The summed E-state index contributed by atoms with van der Waals surface area (Å²) in [5.74, 6) is 0.764. The van der Waals surface area contributed by atoms with Gasteiger partial charge >= 0.3 is 6.03 Å². The molecule has 4 rings (SSSR count). The Balaban J connectivity index is 1.32. The third-order valence-electron chi connectivity index (χ3n) is 6.50. The van der Waals surface area contributed by atoms with Gasteiger partial charge in [-0.1, -0.05) is 29.8 Å². The van der Waals surface area contributed by atoms with Crippen LogP contribution in [0.5, 0.6) is 0 Å². The Morgan fingerprint density at radius 1 is 1.06 bits per heavy atom. The van der Waals surface area contributed by atoms with E-state index in [1.807, 2.05) is 49.9 Å². The van der Waals surface area contributed by atoms with Gasteiger partial charge in [0.15, 0.2) is 5.82 Å². The summed E-state index contributed by atoms with van der Waals surface area (Å²) in [5, 5.41) is 11.8. The van der Waals surface area contributed by atoms with Crippen molar-refractivity contribution in [2.45, 2.75) is 52.2 Å². The smallest absolute Gasteiger partial charge is 0.318 e. The lowest BCUT2D eigenvalue weighted by Gasteiger charge is -2.37. The summed E-state index contributed by atoms with van der Waals surface area (Å²) in [6.07, 6.45) is 1.89. The number of carbonyl (C=O) groups excluding carboxylic acids is 2. The number of rotatable bonds is 6. The quantitative estimate of drug-likeness (QED) is 0.664. The maximum Gasteiger partial charge on any atom is 0.318 e. The number of anilines is 1. The summed E-state index contributed by atoms with van der Waals surface area (Å²) in [4.78, 5) is 31.6. The molecule has 9 nitrogen and oxygen atoms in total. The maximum absolute atomic E-state index is 13.1. The fourth-order valence-electron chi connectivity index (χ4n) is 4.47. The maximum atomic E-state index is 13.1. The Morgan fingerprint density at radius 2 is 1.78 bits per heavy atom. The van der Waals surface area contributed by atoms with E-state index in [9.17, 15) is 9.59 Å². The van der Waals surface area contributed by atoms with Gasteiger partial charge < -0.3 is 24.8 Å². The van der Waals surface area contributed by atoms with E-state index < -0.39 is 0 Å². The second-order valence-corrected chi connectivity index (χ2v) is 10.7. The number of benzene rings is 1. The van der Waals surface area contributed by atoms with Gasteiger partial charge in [0.05, 0.1) is 11.8 Å². The average Bonchev–Trinajstić information content (AvgIpc) is 3.36. The Morgan fingerprint density at radius 3 is 2.36 bits per heavy atom. The number of carbonyl (C=O) groups is 2. The van der Waals surface area contributed by atoms with Crippen LogP contribution in [0, 0.1) is 6.92 Å². The zero-order valence-corrected chi connectivity index (χ0v) is 21.9. The second kappa shape index (κ2) is 11.2. The first-order chi connectivity index (χ1) is 17.2. The molecular weight excluding hydrogens is 456 g/mol. The van der Waals surface area contributed by atoms with E-state index in [0.717, 1.165) is 29.9 Å². The molecule has 194 valence electrons. The van der Waals surface area contributed by atoms with Crippen molar-refractivity contribution < 1.29 is 14.3 Å². The van der Waals surface area contributed by atoms with E-state index in [-0.39, 0.29) is 30.1 Å². The molecular formula is C27H38N6O3. The van der Waals surface area contributed by atoms with Gasteiger partial charge in [0.25, 0.3) is 0 Å². The summed E-state index contributed by atoms with van der Waals surface area (Å²) in [6, 6.07) is 12.0. The zero-order valence-electron chi connectivity index (χ0n) is 21.9. The Labute approximate surface area is 213 Å². The molecule has 1 aromatic heterocycles. The molecule has 0 saturated carbocycles. The molecule has 36 heavy (non-hydrogen) atoms. The summed E-state index contributed by atoms with van der Waals surface area (Å²) >= 11 is 0. The van der Waals surface area contributed by atoms with E-state index in [4.69, 9.17) is 4.74 Å². The summed E-state index contributed by atoms with van der Waals surface area (Å²) in [7, 11) is 0. The number of nitrogens with zero attached hydrogens (tertiary/aromatic N) is 5. The van der Waals surface area contributed by atoms with Gasteiger partial charge in [-0.05, 0) is 52.7 Å². The largest absolute Gasteiger partial charge is 0.376 e. The lowest BCUT2D eigenvalue weighted by molar-refractivity contribution is -0.132. The summed E-state index contributed by atoms with van der Waals surface area (Å²) < 4.78 is 5.73. The van der Waals surface area contributed by atoms with Crippen molar-refractivity contribution in [2.24, 2.45) is 0 Å². The highest BCUT2D eigenvalue weighted by Gasteiger charge is 2.29. The van der Waals surface area contributed by atoms with Crippen molar-refractivity contribution in [1.82, 2.24) is 25.3 Å². The molecule has 2 aliphatic heterocycles. The van der Waals surface area contributed by atoms with Gasteiger partial charge in [-0.25, -0.2) is 4.79 Å². The van der Waals surface area contributed by atoms with E-state index in [0.29, 0.717) is 39.3 Å². The van der Waals surface area contributed by atoms with Crippen LogP contribution in [0.4, 0.5) is 10.6 Å². The second-order valence-electron chi connectivity index (χ2n) is 10.7. The van der Waals surface area contributed by atoms with Gasteiger partial charge in [0.1, 0.15) is 6.54 Å². The van der Waals surface area contributed by atoms with Crippen molar-refractivity contribution in [1.29, 1.82) is 0 Å². The Bertz CT molecular complexity index is 1020. The molecule has 3 heterocycles. The van der Waals surface area contributed by atoms with E-state index in [2.05, 4.69) is 39.5 Å². The van der Waals surface area contributed by atoms with Gasteiger partial charge in [-0.15, -0.1) is 10.2 Å². The van der Waals surface area contributed by atoms with Gasteiger partial charge in [0.2, 0.25) is 5.91 Å². The van der Waals surface area contributed by atoms with E-state index >= 15 is 0 Å². The van der Waals surface area contributed by atoms with Crippen LogP contribution < -0.4 is 10.2 Å². The minimum atomic E-state index is -0.378. The monoisotopic (exact) mass is 494 g/mol. The van der Waals surface area contributed by atoms with Crippen LogP contribution >= 0.6 is 0 Å². The van der Waals surface area contributed by atoms with E-state index in [1.165, 1.54) is 5.56 Å². The first-order valence-corrected chi connectivity index (χ1v) is 12.8. The molecule has 0 bridgehead atoms. The van der Waals surface area contributed by atoms with Crippen molar-refractivity contribution in [3.8, 4) is 11.3 Å². The molecule has 9 heteroatoms. The zero-order chi connectivity index (χ0) is 25.7. The van der Waals surface area contributed by atoms with Crippen LogP contribution in [0.1, 0.15) is 39.2 Å². The number of piperazine rings is 1. The molecule has 1 unspecified atom stereocenters. The average molecular weight is 495 g/mol. The third kappa shape index (κ3) is 6.94. The normalized spacial score (nSPS) is 18.3. The van der Waals surface area contributed by atoms with Crippen LogP contribution in [0.15, 0.2) is 36.4 Å². The van der Waals surface area contributed by atoms with Gasteiger partial charge in [-0.3, -0.25) is 4.79 Å². The molecule has 2 aromatic rings. The molecule has 0 aliphatic carbocycles. The fourth-order valence-corrected chi connectivity index (χ4v) is 4.47. The predicted octanol–water partition coefficient (Wildman–Crippen LogP) is 3.09. The van der Waals surface area contributed by atoms with Crippen molar-refractivity contribution >= 4 is 17.8 Å². The molecule has 3 amide bonds. The highest BCUT2D eigenvalue weighted by atomic mass is 16.5. The molecule has 2 aliphatic rings. The SMILES string of the molecule is Cc1ccc(-c2ccc(N3CCN(C(=O)CN(CC4CCCO4)C(=O)NC(C)(C)C)CC3)nn2)cc1. The molecule has 1 atom stereocenters. The number of urea groups is 1. The minimum Gasteiger partial charge on any atom is -0.376 e. The van der Waals surface area contributed by atoms with Crippen LogP contribution in [0.25, 0.3) is 11.3 Å². The molecule has 2 fully saturated rings. The highest BCUT2D eigenvalue weighted by molar-refractivity contribution is 5.84. The third-order valence-corrected chi connectivity index (χ3v) is 6.50. The molecule has 0 spiro atoms. The Kier molecular flexibility index (Phi) is 8.08. The molecule has 1 N–H and O–H groups in total. The van der Waals surface area contributed by atoms with Crippen molar-refractivity contribution in [3.63, 3.8) is 0 Å². The predicted molar refractivity (Wildman–Crippen MR) is 140 cm³/mol. The number of hydrogen-bond acceptors (Lipinski definition) is 6. The number of ether oxygens (including phenoxy) is 1. The first-order valence-electron chi connectivity index (χ1n) is 12.8. The van der Waals surface area contributed by atoms with Crippen LogP contribution in [-0.4, -0.2) is 89.5 Å². The van der Waals surface area contributed by atoms with E-state index in [1.54, 1.807) is 4.90 Å². The number of amides is 3. The van der Waals surface area contributed by atoms with Gasteiger partial charge in [-0.2, -0.15) is 0 Å². The summed E-state index contributed by atoms with van der Waals surface area (Å²) in [5.41, 5.74) is 2.71. The van der Waals surface area contributed by atoms with Crippen molar-refractivity contribution in [3.05, 3.63) is 42.0 Å². The van der Waals surface area contributed by atoms with Crippen LogP contribution in [0.3, 0.4) is 0 Å². The topological polar surface area (TPSA) is 90.9 Å². The highest BCUT2D eigenvalue weighted by Crippen LogP contribution is 2.20. The number of hydrogen-bond donors (Lipinski definition) is 1. The standard InChI is InChI=1S/C27H38N6O3/c1-20-7-9-21(10-8-20)23-11-12-24(30-29-23)31-13-15-32(16-14-31)25(34)19-33(18-22-6-5-17-36-22)26(35)28-27(2,3)4/h7-12,22H,5-6,13-19H2,1-4H3,(H,28,35). The molecule has 0 radical (unpaired) electrons. The fraction of sp³-hybridized carbons (Fsp3) is 0.556. The molecule has 1 aromatic carbocycles. The lowest BCUT2D eigenvalue weighted by atomic mass is 10.1. The first kappa shape index (κ1) is 25.9. The number of aromatic nitrogens is 2. The Hall–Kier alpha value is -3.20. The van der Waals surface area contributed by atoms with Crippen molar-refractivity contribution in [2.75, 3.05) is 50.8 Å². The lowest BCUT2D eigenvalue weighted by Crippen LogP contribution is -2.55. The number of aryl methyl sites for hydroxylation is 1. The molecule has 2 saturated heterocycles. The minimum absolute atomic E-state index is 0.0122. The summed E-state index contributed by atoms with van der Waals surface area (Å²) in [6.45, 7) is 11.6. The van der Waals surface area contributed by atoms with Gasteiger partial charge in [0, 0.05) is 50.4 Å². The van der Waals surface area contributed by atoms with Crippen LogP contribution in [0.2, 0.25) is 0 Å².